The molecule has 0 amide bonds. The highest BCUT2D eigenvalue weighted by Crippen LogP contribution is 2.27. The van der Waals surface area contributed by atoms with Crippen molar-refractivity contribution in [2.45, 2.75) is 44.4 Å². The molecular formula is C15H22BrF3N2. The second kappa shape index (κ2) is 7.61. The van der Waals surface area contributed by atoms with E-state index < -0.39 is 18.1 Å². The average molecular weight is 367 g/mol. The molecule has 6 heteroatoms. The second-order valence-corrected chi connectivity index (χ2v) is 6.57. The quantitative estimate of drug-likeness (QED) is 0.777. The van der Waals surface area contributed by atoms with Crippen LogP contribution in [-0.4, -0.2) is 30.2 Å². The van der Waals surface area contributed by atoms with E-state index in [9.17, 15) is 13.2 Å². The molecule has 0 aliphatic carbocycles. The van der Waals surface area contributed by atoms with Gasteiger partial charge >= 0.3 is 6.18 Å². The van der Waals surface area contributed by atoms with Gasteiger partial charge in [-0.2, -0.15) is 13.2 Å². The zero-order chi connectivity index (χ0) is 16.1. The number of nitrogens with two attached hydrogens (primary N) is 1. The molecule has 21 heavy (non-hydrogen) atoms. The Kier molecular flexibility index (Phi) is 6.69. The molecule has 0 aliphatic rings. The summed E-state index contributed by atoms with van der Waals surface area (Å²) in [5.41, 5.74) is 6.47. The van der Waals surface area contributed by atoms with Gasteiger partial charge in [0.25, 0.3) is 0 Å². The normalized spacial score (nSPS) is 15.2. The van der Waals surface area contributed by atoms with E-state index in [1.54, 1.807) is 0 Å². The Morgan fingerprint density at radius 1 is 1.24 bits per heavy atom. The van der Waals surface area contributed by atoms with Gasteiger partial charge in [-0.05, 0) is 44.5 Å². The van der Waals surface area contributed by atoms with E-state index in [0.29, 0.717) is 19.5 Å². The Bertz CT molecular complexity index is 451. The standard InChI is InChI=1S/C15H22BrF3N2/c1-14(11-20,7-4-8-15(17,18)19)21(2)10-12-5-3-6-13(16)9-12/h3,5-6,9H,4,7-8,10-11,20H2,1-2H3. The number of hydrogen-bond acceptors (Lipinski definition) is 2. The van der Waals surface area contributed by atoms with Gasteiger partial charge in [-0.15, -0.1) is 0 Å². The van der Waals surface area contributed by atoms with Crippen LogP contribution in [0.25, 0.3) is 0 Å². The summed E-state index contributed by atoms with van der Waals surface area (Å²) in [6.07, 6.45) is -4.33. The first-order valence-corrected chi connectivity index (χ1v) is 7.68. The number of nitrogens with zero attached hydrogens (tertiary/aromatic N) is 1. The van der Waals surface area contributed by atoms with Gasteiger partial charge in [0, 0.05) is 29.5 Å². The van der Waals surface area contributed by atoms with E-state index in [4.69, 9.17) is 5.73 Å². The molecule has 2 N–H and O–H groups in total. The second-order valence-electron chi connectivity index (χ2n) is 5.66. The molecule has 1 rings (SSSR count). The van der Waals surface area contributed by atoms with Crippen LogP contribution in [0.4, 0.5) is 13.2 Å². The van der Waals surface area contributed by atoms with Gasteiger partial charge in [-0.25, -0.2) is 0 Å². The SMILES string of the molecule is CN(Cc1cccc(Br)c1)C(C)(CN)CCCC(F)(F)F. The highest BCUT2D eigenvalue weighted by molar-refractivity contribution is 9.10. The van der Waals surface area contributed by atoms with Gasteiger partial charge in [-0.3, -0.25) is 4.90 Å². The van der Waals surface area contributed by atoms with Crippen molar-refractivity contribution in [1.82, 2.24) is 4.90 Å². The molecule has 0 aromatic heterocycles. The Hall–Kier alpha value is -0.590. The molecule has 1 aromatic rings. The zero-order valence-corrected chi connectivity index (χ0v) is 14.0. The maximum Gasteiger partial charge on any atom is 0.389 e. The maximum absolute atomic E-state index is 12.3. The van der Waals surface area contributed by atoms with Crippen LogP contribution in [0, 0.1) is 0 Å². The number of likely N-dealkylation sites (N-methyl/N-ethyl adjacent to an activating group) is 1. The van der Waals surface area contributed by atoms with Crippen LogP contribution in [0.1, 0.15) is 31.7 Å². The highest BCUT2D eigenvalue weighted by atomic mass is 79.9. The molecule has 0 spiro atoms. The van der Waals surface area contributed by atoms with Gasteiger partial charge in [0.2, 0.25) is 0 Å². The molecule has 0 saturated carbocycles. The van der Waals surface area contributed by atoms with Crippen molar-refractivity contribution in [2.75, 3.05) is 13.6 Å². The van der Waals surface area contributed by atoms with E-state index in [2.05, 4.69) is 15.9 Å². The predicted octanol–water partition coefficient (Wildman–Crippen LogP) is 4.33. The first-order valence-electron chi connectivity index (χ1n) is 6.89. The van der Waals surface area contributed by atoms with Crippen molar-refractivity contribution in [3.8, 4) is 0 Å². The lowest BCUT2D eigenvalue weighted by Crippen LogP contribution is -2.49. The molecular weight excluding hydrogens is 345 g/mol. The van der Waals surface area contributed by atoms with Gasteiger partial charge in [-0.1, -0.05) is 28.1 Å². The predicted molar refractivity (Wildman–Crippen MR) is 83.0 cm³/mol. The number of hydrogen-bond donors (Lipinski definition) is 1. The van der Waals surface area contributed by atoms with Crippen LogP contribution >= 0.6 is 15.9 Å². The van der Waals surface area contributed by atoms with E-state index in [1.165, 1.54) is 0 Å². The molecule has 0 heterocycles. The van der Waals surface area contributed by atoms with E-state index >= 15 is 0 Å². The van der Waals surface area contributed by atoms with Crippen molar-refractivity contribution in [1.29, 1.82) is 0 Å². The first-order chi connectivity index (χ1) is 9.66. The molecule has 0 saturated heterocycles. The van der Waals surface area contributed by atoms with E-state index in [0.717, 1.165) is 10.0 Å². The lowest BCUT2D eigenvalue weighted by atomic mass is 9.92. The molecule has 120 valence electrons. The van der Waals surface area contributed by atoms with E-state index in [-0.39, 0.29) is 6.42 Å². The average Bonchev–Trinajstić information content (AvgIpc) is 2.36. The Morgan fingerprint density at radius 3 is 2.43 bits per heavy atom. The lowest BCUT2D eigenvalue weighted by molar-refractivity contribution is -0.136. The van der Waals surface area contributed by atoms with Crippen LogP contribution in [0.2, 0.25) is 0 Å². The van der Waals surface area contributed by atoms with Crippen LogP contribution in [-0.2, 0) is 6.54 Å². The number of benzene rings is 1. The Balaban J connectivity index is 2.64. The van der Waals surface area contributed by atoms with Crippen LogP contribution in [0.15, 0.2) is 28.7 Å². The first kappa shape index (κ1) is 18.5. The number of rotatable bonds is 7. The molecule has 0 fully saturated rings. The summed E-state index contributed by atoms with van der Waals surface area (Å²) in [5, 5.41) is 0. The van der Waals surface area contributed by atoms with Crippen molar-refractivity contribution in [3.05, 3.63) is 34.3 Å². The molecule has 0 bridgehead atoms. The fourth-order valence-electron chi connectivity index (χ4n) is 2.22. The fraction of sp³-hybridized carbons (Fsp3) is 0.600. The van der Waals surface area contributed by atoms with Crippen LogP contribution < -0.4 is 5.73 Å². The summed E-state index contributed by atoms with van der Waals surface area (Å²) in [6, 6.07) is 7.88. The van der Waals surface area contributed by atoms with Gasteiger partial charge in [0.15, 0.2) is 0 Å². The largest absolute Gasteiger partial charge is 0.389 e. The molecule has 1 unspecified atom stereocenters. The monoisotopic (exact) mass is 366 g/mol. The Morgan fingerprint density at radius 2 is 1.90 bits per heavy atom. The summed E-state index contributed by atoms with van der Waals surface area (Å²) in [4.78, 5) is 2.03. The highest BCUT2D eigenvalue weighted by Gasteiger charge is 2.31. The lowest BCUT2D eigenvalue weighted by Gasteiger charge is -2.38. The Labute approximate surface area is 132 Å². The van der Waals surface area contributed by atoms with Crippen molar-refractivity contribution in [2.24, 2.45) is 5.73 Å². The smallest absolute Gasteiger partial charge is 0.329 e. The van der Waals surface area contributed by atoms with Gasteiger partial charge < -0.3 is 5.73 Å². The summed E-state index contributed by atoms with van der Waals surface area (Å²) in [7, 11) is 1.90. The van der Waals surface area contributed by atoms with E-state index in [1.807, 2.05) is 43.1 Å². The van der Waals surface area contributed by atoms with Crippen LogP contribution in [0.3, 0.4) is 0 Å². The topological polar surface area (TPSA) is 29.3 Å². The molecule has 2 nitrogen and oxygen atoms in total. The minimum Gasteiger partial charge on any atom is -0.329 e. The molecule has 1 atom stereocenters. The van der Waals surface area contributed by atoms with Crippen molar-refractivity contribution in [3.63, 3.8) is 0 Å². The maximum atomic E-state index is 12.3. The minimum atomic E-state index is -4.10. The minimum absolute atomic E-state index is 0.0972. The third-order valence-electron chi connectivity index (χ3n) is 3.85. The summed E-state index contributed by atoms with van der Waals surface area (Å²) < 4.78 is 37.8. The van der Waals surface area contributed by atoms with Gasteiger partial charge in [0.1, 0.15) is 0 Å². The number of halogens is 4. The third kappa shape index (κ3) is 6.36. The molecule has 0 aliphatic heterocycles. The third-order valence-corrected chi connectivity index (χ3v) is 4.34. The fourth-order valence-corrected chi connectivity index (χ4v) is 2.67. The van der Waals surface area contributed by atoms with Crippen molar-refractivity contribution >= 4 is 15.9 Å². The summed E-state index contributed by atoms with van der Waals surface area (Å²) in [6.45, 7) is 2.90. The summed E-state index contributed by atoms with van der Waals surface area (Å²) in [5.74, 6) is 0. The molecule has 0 radical (unpaired) electrons. The van der Waals surface area contributed by atoms with Crippen molar-refractivity contribution < 1.29 is 13.2 Å². The molecule has 1 aromatic carbocycles. The number of alkyl halides is 3. The van der Waals surface area contributed by atoms with Gasteiger partial charge in [0.05, 0.1) is 0 Å². The summed E-state index contributed by atoms with van der Waals surface area (Å²) >= 11 is 3.42. The van der Waals surface area contributed by atoms with Crippen LogP contribution in [0.5, 0.6) is 0 Å². The zero-order valence-electron chi connectivity index (χ0n) is 12.4.